The number of carbonyl (C=O) groups is 2. The summed E-state index contributed by atoms with van der Waals surface area (Å²) < 4.78 is 0. The third-order valence-electron chi connectivity index (χ3n) is 4.88. The van der Waals surface area contributed by atoms with Gasteiger partial charge >= 0.3 is 5.97 Å². The number of aliphatic carboxylic acids is 1. The van der Waals surface area contributed by atoms with E-state index in [2.05, 4.69) is 27.2 Å². The standard InChI is InChI=1S/C20H29N5O3/c1-2-18(25-11-3-4-12-25)9-10-22-20(28)15-5-7-16(8-6-15)23-14-17(24-21)13-19(26)27/h5-8,14,18H,2-4,9-13,21H2,1H3,(H,22,28)(H,26,27). The topological polar surface area (TPSA) is 120 Å². The molecule has 8 nitrogen and oxygen atoms in total. The van der Waals surface area contributed by atoms with E-state index in [-0.39, 0.29) is 18.0 Å². The zero-order chi connectivity index (χ0) is 20.4. The smallest absolute Gasteiger partial charge is 0.309 e. The molecular weight excluding hydrogens is 358 g/mol. The Kier molecular flexibility index (Phi) is 8.61. The molecule has 4 N–H and O–H groups in total. The minimum absolute atomic E-state index is 0.109. The van der Waals surface area contributed by atoms with Crippen molar-refractivity contribution in [3.05, 3.63) is 29.8 Å². The van der Waals surface area contributed by atoms with Crippen LogP contribution in [-0.4, -0.2) is 59.5 Å². The van der Waals surface area contributed by atoms with Gasteiger partial charge in [0.25, 0.3) is 5.91 Å². The molecule has 1 saturated heterocycles. The van der Waals surface area contributed by atoms with Crippen LogP contribution in [0.1, 0.15) is 49.4 Å². The molecule has 1 aromatic rings. The van der Waals surface area contributed by atoms with Gasteiger partial charge in [0.15, 0.2) is 0 Å². The lowest BCUT2D eigenvalue weighted by Crippen LogP contribution is -2.36. The second kappa shape index (κ2) is 11.2. The van der Waals surface area contributed by atoms with Gasteiger partial charge in [-0.15, -0.1) is 0 Å². The van der Waals surface area contributed by atoms with E-state index >= 15 is 0 Å². The molecule has 152 valence electrons. The number of nitrogens with zero attached hydrogens (tertiary/aromatic N) is 3. The highest BCUT2D eigenvalue weighted by Crippen LogP contribution is 2.16. The van der Waals surface area contributed by atoms with Gasteiger partial charge < -0.3 is 21.2 Å². The lowest BCUT2D eigenvalue weighted by Gasteiger charge is -2.26. The number of likely N-dealkylation sites (tertiary alicyclic amines) is 1. The summed E-state index contributed by atoms with van der Waals surface area (Å²) in [6, 6.07) is 7.30. The number of carboxylic acids is 1. The summed E-state index contributed by atoms with van der Waals surface area (Å²) in [4.78, 5) is 29.6. The van der Waals surface area contributed by atoms with Crippen LogP contribution in [0, 0.1) is 0 Å². The number of hydrogen-bond donors (Lipinski definition) is 3. The SMILES string of the molecule is CCC(CCNC(=O)c1ccc(N=CC(CC(=O)O)=NN)cc1)N1CCCC1. The Balaban J connectivity index is 1.83. The van der Waals surface area contributed by atoms with Crippen LogP contribution in [-0.2, 0) is 4.79 Å². The molecule has 1 unspecified atom stereocenters. The third kappa shape index (κ3) is 6.77. The van der Waals surface area contributed by atoms with Crippen LogP contribution in [0.4, 0.5) is 5.69 Å². The molecule has 1 aliphatic heterocycles. The zero-order valence-corrected chi connectivity index (χ0v) is 16.3. The van der Waals surface area contributed by atoms with Crippen molar-refractivity contribution in [1.29, 1.82) is 0 Å². The van der Waals surface area contributed by atoms with Crippen LogP contribution in [0.2, 0.25) is 0 Å². The lowest BCUT2D eigenvalue weighted by molar-refractivity contribution is -0.135. The molecule has 2 rings (SSSR count). The number of carbonyl (C=O) groups excluding carboxylic acids is 1. The summed E-state index contributed by atoms with van der Waals surface area (Å²) in [5.74, 6) is 4.00. The van der Waals surface area contributed by atoms with Gasteiger partial charge in [-0.2, -0.15) is 5.10 Å². The molecule has 0 bridgehead atoms. The highest BCUT2D eigenvalue weighted by atomic mass is 16.4. The fourth-order valence-electron chi connectivity index (χ4n) is 3.33. The molecule has 1 heterocycles. The Labute approximate surface area is 165 Å². The van der Waals surface area contributed by atoms with Gasteiger partial charge in [-0.1, -0.05) is 6.92 Å². The number of benzene rings is 1. The van der Waals surface area contributed by atoms with E-state index in [9.17, 15) is 9.59 Å². The summed E-state index contributed by atoms with van der Waals surface area (Å²) in [6.45, 7) is 5.18. The van der Waals surface area contributed by atoms with E-state index in [0.717, 1.165) is 25.9 Å². The summed E-state index contributed by atoms with van der Waals surface area (Å²) >= 11 is 0. The maximum atomic E-state index is 12.3. The normalized spacial score (nSPS) is 16.4. The molecule has 1 amide bonds. The number of nitrogens with one attached hydrogen (secondary N) is 1. The highest BCUT2D eigenvalue weighted by Gasteiger charge is 2.20. The van der Waals surface area contributed by atoms with Crippen LogP contribution < -0.4 is 11.2 Å². The Morgan fingerprint density at radius 1 is 1.29 bits per heavy atom. The summed E-state index contributed by atoms with van der Waals surface area (Å²) in [6.07, 6.45) is 5.61. The first-order valence-electron chi connectivity index (χ1n) is 9.68. The van der Waals surface area contributed by atoms with Gasteiger partial charge in [-0.25, -0.2) is 0 Å². The molecule has 1 fully saturated rings. The molecular formula is C20H29N5O3. The largest absolute Gasteiger partial charge is 0.481 e. The van der Waals surface area contributed by atoms with Gasteiger partial charge in [0.05, 0.1) is 24.0 Å². The van der Waals surface area contributed by atoms with Crippen LogP contribution in [0.15, 0.2) is 34.4 Å². The predicted molar refractivity (Wildman–Crippen MR) is 110 cm³/mol. The van der Waals surface area contributed by atoms with E-state index in [0.29, 0.717) is 23.8 Å². The summed E-state index contributed by atoms with van der Waals surface area (Å²) in [5.41, 5.74) is 1.31. The summed E-state index contributed by atoms with van der Waals surface area (Å²) in [7, 11) is 0. The first-order chi connectivity index (χ1) is 13.5. The van der Waals surface area contributed by atoms with Crippen molar-refractivity contribution in [2.45, 2.75) is 45.1 Å². The Bertz CT molecular complexity index is 709. The maximum absolute atomic E-state index is 12.3. The number of carboxylic acid groups (broad SMARTS) is 1. The molecule has 8 heteroatoms. The van der Waals surface area contributed by atoms with Gasteiger partial charge in [0.2, 0.25) is 0 Å². The van der Waals surface area contributed by atoms with Crippen molar-refractivity contribution < 1.29 is 14.7 Å². The number of amides is 1. The van der Waals surface area contributed by atoms with E-state index in [1.807, 2.05) is 0 Å². The van der Waals surface area contributed by atoms with Crippen LogP contribution in [0.5, 0.6) is 0 Å². The first kappa shape index (κ1) is 21.6. The molecule has 0 spiro atoms. The van der Waals surface area contributed by atoms with E-state index in [1.165, 1.54) is 19.1 Å². The predicted octanol–water partition coefficient (Wildman–Crippen LogP) is 2.17. The second-order valence-electron chi connectivity index (χ2n) is 6.85. The number of rotatable bonds is 10. The van der Waals surface area contributed by atoms with E-state index in [1.54, 1.807) is 24.3 Å². The van der Waals surface area contributed by atoms with Gasteiger partial charge in [0, 0.05) is 18.2 Å². The summed E-state index contributed by atoms with van der Waals surface area (Å²) in [5, 5.41) is 15.1. The first-order valence-corrected chi connectivity index (χ1v) is 9.68. The molecule has 1 atom stereocenters. The van der Waals surface area contributed by atoms with Crippen molar-refractivity contribution in [3.8, 4) is 0 Å². The molecule has 0 radical (unpaired) electrons. The Morgan fingerprint density at radius 2 is 1.96 bits per heavy atom. The average Bonchev–Trinajstić information content (AvgIpc) is 3.23. The van der Waals surface area contributed by atoms with E-state index in [4.69, 9.17) is 10.9 Å². The lowest BCUT2D eigenvalue weighted by atomic mass is 10.1. The molecule has 0 aliphatic carbocycles. The third-order valence-corrected chi connectivity index (χ3v) is 4.88. The van der Waals surface area contributed by atoms with Gasteiger partial charge in [-0.3, -0.25) is 14.6 Å². The van der Waals surface area contributed by atoms with Gasteiger partial charge in [-0.05, 0) is 63.0 Å². The zero-order valence-electron chi connectivity index (χ0n) is 16.3. The van der Waals surface area contributed by atoms with Crippen LogP contribution in [0.3, 0.4) is 0 Å². The Morgan fingerprint density at radius 3 is 2.54 bits per heavy atom. The minimum atomic E-state index is -1.03. The minimum Gasteiger partial charge on any atom is -0.481 e. The average molecular weight is 387 g/mol. The van der Waals surface area contributed by atoms with E-state index < -0.39 is 5.97 Å². The molecule has 1 aromatic carbocycles. The molecule has 28 heavy (non-hydrogen) atoms. The van der Waals surface area contributed by atoms with Crippen molar-refractivity contribution in [2.24, 2.45) is 15.9 Å². The number of aliphatic imine (C=N–C) groups is 1. The molecule has 1 aliphatic rings. The Hall–Kier alpha value is -2.74. The number of hydrazone groups is 1. The molecule has 0 aromatic heterocycles. The van der Waals surface area contributed by atoms with Gasteiger partial charge in [0.1, 0.15) is 0 Å². The number of nitrogens with two attached hydrogens (primary N) is 1. The number of hydrogen-bond acceptors (Lipinski definition) is 6. The maximum Gasteiger partial charge on any atom is 0.309 e. The highest BCUT2D eigenvalue weighted by molar-refractivity contribution is 6.34. The van der Waals surface area contributed by atoms with Crippen molar-refractivity contribution in [2.75, 3.05) is 19.6 Å². The van der Waals surface area contributed by atoms with Crippen LogP contribution in [0.25, 0.3) is 0 Å². The van der Waals surface area contributed by atoms with Crippen molar-refractivity contribution in [3.63, 3.8) is 0 Å². The van der Waals surface area contributed by atoms with Crippen molar-refractivity contribution in [1.82, 2.24) is 10.2 Å². The second-order valence-corrected chi connectivity index (χ2v) is 6.85. The fraction of sp³-hybridized carbons (Fsp3) is 0.500. The monoisotopic (exact) mass is 387 g/mol. The van der Waals surface area contributed by atoms with Crippen LogP contribution >= 0.6 is 0 Å². The van der Waals surface area contributed by atoms with Crippen molar-refractivity contribution >= 4 is 29.5 Å². The fourth-order valence-corrected chi connectivity index (χ4v) is 3.33. The molecule has 0 saturated carbocycles. The quantitative estimate of drug-likeness (QED) is 0.323.